The number of benzene rings is 2. The van der Waals surface area contributed by atoms with Crippen LogP contribution in [0.1, 0.15) is 11.1 Å². The zero-order valence-corrected chi connectivity index (χ0v) is 14.0. The second kappa shape index (κ2) is 8.21. The lowest BCUT2D eigenvalue weighted by Crippen LogP contribution is -2.24. The minimum Gasteiger partial charge on any atom is -0.504 e. The predicted octanol–water partition coefficient (Wildman–Crippen LogP) is 2.89. The maximum Gasteiger partial charge on any atom is 0.277 e. The maximum absolute atomic E-state index is 11.7. The van der Waals surface area contributed by atoms with Crippen molar-refractivity contribution in [2.24, 2.45) is 5.10 Å². The zero-order chi connectivity index (χ0) is 17.5. The summed E-state index contributed by atoms with van der Waals surface area (Å²) in [5.41, 5.74) is 3.80. The van der Waals surface area contributed by atoms with E-state index in [9.17, 15) is 9.90 Å². The highest BCUT2D eigenvalue weighted by atomic mass is 35.5. The van der Waals surface area contributed by atoms with Gasteiger partial charge in [-0.2, -0.15) is 5.10 Å². The van der Waals surface area contributed by atoms with Crippen LogP contribution in [0.5, 0.6) is 17.2 Å². The van der Waals surface area contributed by atoms with Gasteiger partial charge in [0.2, 0.25) is 0 Å². The summed E-state index contributed by atoms with van der Waals surface area (Å²) in [6.45, 7) is 1.67. The van der Waals surface area contributed by atoms with Gasteiger partial charge in [-0.15, -0.1) is 0 Å². The molecule has 2 aromatic rings. The number of carbonyl (C=O) groups is 1. The molecule has 0 aliphatic heterocycles. The Labute approximate surface area is 144 Å². The van der Waals surface area contributed by atoms with Gasteiger partial charge >= 0.3 is 0 Å². The number of halogens is 1. The van der Waals surface area contributed by atoms with Gasteiger partial charge < -0.3 is 14.6 Å². The number of nitrogens with zero attached hydrogens (tertiary/aromatic N) is 1. The number of hydrogen-bond acceptors (Lipinski definition) is 5. The Balaban J connectivity index is 1.85. The van der Waals surface area contributed by atoms with Crippen LogP contribution in [-0.4, -0.2) is 30.9 Å². The Kier molecular flexibility index (Phi) is 6.03. The highest BCUT2D eigenvalue weighted by Crippen LogP contribution is 2.25. The third-order valence-corrected chi connectivity index (χ3v) is 3.34. The Morgan fingerprint density at radius 1 is 1.29 bits per heavy atom. The largest absolute Gasteiger partial charge is 0.504 e. The molecule has 0 spiro atoms. The summed E-state index contributed by atoms with van der Waals surface area (Å²) in [6, 6.07) is 9.92. The van der Waals surface area contributed by atoms with Gasteiger partial charge in [-0.3, -0.25) is 4.79 Å². The predicted molar refractivity (Wildman–Crippen MR) is 92.1 cm³/mol. The van der Waals surface area contributed by atoms with Crippen LogP contribution >= 0.6 is 11.6 Å². The second-order valence-electron chi connectivity index (χ2n) is 4.92. The molecule has 24 heavy (non-hydrogen) atoms. The number of methoxy groups -OCH3 is 1. The third-order valence-electron chi connectivity index (χ3n) is 3.10. The van der Waals surface area contributed by atoms with Crippen molar-refractivity contribution < 1.29 is 19.4 Å². The fraction of sp³-hybridized carbons (Fsp3) is 0.176. The fourth-order valence-corrected chi connectivity index (χ4v) is 2.14. The molecule has 0 aliphatic carbocycles. The third kappa shape index (κ3) is 4.89. The van der Waals surface area contributed by atoms with E-state index in [1.807, 2.05) is 6.92 Å². The smallest absolute Gasteiger partial charge is 0.277 e. The lowest BCUT2D eigenvalue weighted by atomic mass is 10.2. The first-order valence-corrected chi connectivity index (χ1v) is 7.45. The summed E-state index contributed by atoms with van der Waals surface area (Å²) in [5, 5.41) is 14.1. The number of ether oxygens (including phenoxy) is 2. The average Bonchev–Trinajstić information content (AvgIpc) is 2.54. The van der Waals surface area contributed by atoms with Crippen molar-refractivity contribution in [1.82, 2.24) is 5.43 Å². The normalized spacial score (nSPS) is 10.6. The van der Waals surface area contributed by atoms with Crippen molar-refractivity contribution in [2.45, 2.75) is 6.92 Å². The van der Waals surface area contributed by atoms with E-state index in [0.29, 0.717) is 22.1 Å². The maximum atomic E-state index is 11.7. The number of rotatable bonds is 6. The molecule has 2 N–H and O–H groups in total. The molecule has 0 heterocycles. The van der Waals surface area contributed by atoms with Gasteiger partial charge in [0.1, 0.15) is 5.75 Å². The first-order valence-electron chi connectivity index (χ1n) is 7.07. The molecular formula is C17H17ClN2O4. The van der Waals surface area contributed by atoms with E-state index < -0.39 is 5.91 Å². The van der Waals surface area contributed by atoms with E-state index in [2.05, 4.69) is 10.5 Å². The quantitative estimate of drug-likeness (QED) is 0.621. The van der Waals surface area contributed by atoms with Gasteiger partial charge in [-0.05, 0) is 54.4 Å². The number of carbonyl (C=O) groups excluding carboxylic acids is 1. The van der Waals surface area contributed by atoms with Gasteiger partial charge in [0.05, 0.1) is 13.3 Å². The number of nitrogens with one attached hydrogen (secondary N) is 1. The van der Waals surface area contributed by atoms with E-state index in [1.165, 1.54) is 19.4 Å². The van der Waals surface area contributed by atoms with Crippen LogP contribution in [0.15, 0.2) is 41.5 Å². The number of aryl methyl sites for hydroxylation is 1. The molecule has 6 nitrogen and oxygen atoms in total. The SMILES string of the molecule is COc1ccc(/C=N\NC(=O)COc2ccc(Cl)cc2C)cc1O. The minimum atomic E-state index is -0.404. The average molecular weight is 349 g/mol. The molecule has 126 valence electrons. The highest BCUT2D eigenvalue weighted by Gasteiger charge is 2.05. The van der Waals surface area contributed by atoms with Crippen LogP contribution in [0.4, 0.5) is 0 Å². The van der Waals surface area contributed by atoms with E-state index in [4.69, 9.17) is 21.1 Å². The minimum absolute atomic E-state index is 0.00526. The van der Waals surface area contributed by atoms with Crippen LogP contribution < -0.4 is 14.9 Å². The number of aromatic hydroxyl groups is 1. The standard InChI is InChI=1S/C17H17ClN2O4/c1-11-7-13(18)4-6-15(11)24-10-17(22)20-19-9-12-3-5-16(23-2)14(21)8-12/h3-9,21H,10H2,1-2H3,(H,20,22)/b19-9-. The molecule has 0 fully saturated rings. The lowest BCUT2D eigenvalue weighted by molar-refractivity contribution is -0.123. The molecular weight excluding hydrogens is 332 g/mol. The number of hydrazone groups is 1. The first-order chi connectivity index (χ1) is 11.5. The first kappa shape index (κ1) is 17.6. The molecule has 0 aliphatic rings. The van der Waals surface area contributed by atoms with Crippen molar-refractivity contribution in [3.05, 3.63) is 52.5 Å². The van der Waals surface area contributed by atoms with Crippen LogP contribution in [0.3, 0.4) is 0 Å². The Hall–Kier alpha value is -2.73. The van der Waals surface area contributed by atoms with Crippen molar-refractivity contribution in [2.75, 3.05) is 13.7 Å². The van der Waals surface area contributed by atoms with Crippen molar-refractivity contribution in [1.29, 1.82) is 0 Å². The molecule has 0 aromatic heterocycles. The summed E-state index contributed by atoms with van der Waals surface area (Å²) in [4.78, 5) is 11.7. The van der Waals surface area contributed by atoms with Crippen LogP contribution in [0.25, 0.3) is 0 Å². The van der Waals surface area contributed by atoms with E-state index in [-0.39, 0.29) is 12.4 Å². The molecule has 0 radical (unpaired) electrons. The highest BCUT2D eigenvalue weighted by molar-refractivity contribution is 6.30. The van der Waals surface area contributed by atoms with Crippen molar-refractivity contribution in [3.63, 3.8) is 0 Å². The molecule has 0 saturated carbocycles. The van der Waals surface area contributed by atoms with Crippen LogP contribution in [0, 0.1) is 6.92 Å². The van der Waals surface area contributed by atoms with E-state index in [0.717, 1.165) is 5.56 Å². The molecule has 2 aromatic carbocycles. The molecule has 0 atom stereocenters. The fourth-order valence-electron chi connectivity index (χ4n) is 1.92. The molecule has 7 heteroatoms. The lowest BCUT2D eigenvalue weighted by Gasteiger charge is -2.08. The number of phenols is 1. The van der Waals surface area contributed by atoms with Gasteiger partial charge in [0.15, 0.2) is 18.1 Å². The molecule has 0 saturated heterocycles. The Morgan fingerprint density at radius 2 is 2.04 bits per heavy atom. The monoisotopic (exact) mass is 348 g/mol. The van der Waals surface area contributed by atoms with Gasteiger partial charge in [-0.25, -0.2) is 5.43 Å². The number of phenolic OH excluding ortho intramolecular Hbond substituents is 1. The van der Waals surface area contributed by atoms with Gasteiger partial charge in [0, 0.05) is 5.02 Å². The van der Waals surface area contributed by atoms with Gasteiger partial charge in [0.25, 0.3) is 5.91 Å². The number of hydrogen-bond donors (Lipinski definition) is 2. The van der Waals surface area contributed by atoms with E-state index >= 15 is 0 Å². The second-order valence-corrected chi connectivity index (χ2v) is 5.36. The summed E-state index contributed by atoms with van der Waals surface area (Å²) < 4.78 is 10.3. The molecule has 2 rings (SSSR count). The zero-order valence-electron chi connectivity index (χ0n) is 13.2. The summed E-state index contributed by atoms with van der Waals surface area (Å²) in [5.74, 6) is 0.536. The molecule has 1 amide bonds. The molecule has 0 unspecified atom stereocenters. The van der Waals surface area contributed by atoms with Crippen LogP contribution in [-0.2, 0) is 4.79 Å². The van der Waals surface area contributed by atoms with Crippen molar-refractivity contribution in [3.8, 4) is 17.2 Å². The Morgan fingerprint density at radius 3 is 2.71 bits per heavy atom. The Bertz CT molecular complexity index is 762. The number of amides is 1. The van der Waals surface area contributed by atoms with Crippen molar-refractivity contribution >= 4 is 23.7 Å². The topological polar surface area (TPSA) is 80.2 Å². The van der Waals surface area contributed by atoms with Gasteiger partial charge in [-0.1, -0.05) is 11.6 Å². The van der Waals surface area contributed by atoms with E-state index in [1.54, 1.807) is 30.3 Å². The summed E-state index contributed by atoms with van der Waals surface area (Å²) >= 11 is 5.86. The summed E-state index contributed by atoms with van der Waals surface area (Å²) in [6.07, 6.45) is 1.41. The molecule has 0 bridgehead atoms. The van der Waals surface area contributed by atoms with Crippen LogP contribution in [0.2, 0.25) is 5.02 Å². The summed E-state index contributed by atoms with van der Waals surface area (Å²) in [7, 11) is 1.46.